The Morgan fingerprint density at radius 3 is 2.54 bits per heavy atom. The van der Waals surface area contributed by atoms with E-state index in [1.807, 2.05) is 0 Å². The summed E-state index contributed by atoms with van der Waals surface area (Å²) >= 11 is 11.9. The Hall–Kier alpha value is -2.50. The van der Waals surface area contributed by atoms with Gasteiger partial charge in [0.25, 0.3) is 5.91 Å². The van der Waals surface area contributed by atoms with E-state index in [0.29, 0.717) is 33.7 Å². The van der Waals surface area contributed by atoms with Crippen LogP contribution in [0.15, 0.2) is 55.1 Å². The zero-order valence-electron chi connectivity index (χ0n) is 14.0. The maximum atomic E-state index is 12.2. The van der Waals surface area contributed by atoms with E-state index in [-0.39, 0.29) is 0 Å². The van der Waals surface area contributed by atoms with Crippen LogP contribution in [0, 0.1) is 0 Å². The van der Waals surface area contributed by atoms with Gasteiger partial charge in [-0.25, -0.2) is 4.79 Å². The van der Waals surface area contributed by atoms with Gasteiger partial charge in [-0.15, -0.1) is 0 Å². The van der Waals surface area contributed by atoms with Crippen molar-refractivity contribution >= 4 is 40.8 Å². The van der Waals surface area contributed by atoms with Crippen molar-refractivity contribution in [3.63, 3.8) is 0 Å². The Balaban J connectivity index is 1.96. The van der Waals surface area contributed by atoms with Gasteiger partial charge in [-0.1, -0.05) is 35.9 Å². The van der Waals surface area contributed by atoms with Crippen molar-refractivity contribution in [2.24, 2.45) is 0 Å². The molecule has 2 rings (SSSR count). The van der Waals surface area contributed by atoms with E-state index in [9.17, 15) is 9.59 Å². The number of halogens is 2. The maximum absolute atomic E-state index is 12.2. The number of nitrogens with one attached hydrogen (secondary N) is 1. The summed E-state index contributed by atoms with van der Waals surface area (Å²) in [7, 11) is 0. The summed E-state index contributed by atoms with van der Waals surface area (Å²) in [4.78, 5) is 24.3. The van der Waals surface area contributed by atoms with E-state index in [4.69, 9.17) is 32.7 Å². The van der Waals surface area contributed by atoms with E-state index < -0.39 is 18.0 Å². The highest BCUT2D eigenvalue weighted by molar-refractivity contribution is 6.35. The summed E-state index contributed by atoms with van der Waals surface area (Å²) in [5.74, 6) is -0.545. The highest BCUT2D eigenvalue weighted by atomic mass is 35.5. The van der Waals surface area contributed by atoms with Gasteiger partial charge in [0.15, 0.2) is 6.10 Å². The van der Waals surface area contributed by atoms with Gasteiger partial charge in [0.2, 0.25) is 0 Å². The van der Waals surface area contributed by atoms with Crippen LogP contribution in [-0.4, -0.2) is 24.6 Å². The molecule has 0 radical (unpaired) electrons. The molecule has 0 aliphatic heterocycles. The minimum absolute atomic E-state index is 0.302. The summed E-state index contributed by atoms with van der Waals surface area (Å²) in [5.41, 5.74) is 0.646. The number of benzene rings is 2. The van der Waals surface area contributed by atoms with Crippen molar-refractivity contribution in [2.75, 3.05) is 11.9 Å². The Labute approximate surface area is 161 Å². The maximum Gasteiger partial charge on any atom is 0.338 e. The smallest absolute Gasteiger partial charge is 0.338 e. The lowest BCUT2D eigenvalue weighted by Gasteiger charge is -2.14. The number of carbonyl (C=O) groups excluding carboxylic acids is 2. The van der Waals surface area contributed by atoms with Crippen LogP contribution in [0.3, 0.4) is 0 Å². The molecule has 0 saturated heterocycles. The van der Waals surface area contributed by atoms with E-state index in [1.165, 1.54) is 13.0 Å². The molecule has 26 heavy (non-hydrogen) atoms. The second-order valence-electron chi connectivity index (χ2n) is 5.29. The van der Waals surface area contributed by atoms with Crippen molar-refractivity contribution in [2.45, 2.75) is 13.0 Å². The number of amides is 1. The van der Waals surface area contributed by atoms with Crippen LogP contribution in [-0.2, 0) is 9.53 Å². The lowest BCUT2D eigenvalue weighted by atomic mass is 10.2. The lowest BCUT2D eigenvalue weighted by Crippen LogP contribution is -2.30. The van der Waals surface area contributed by atoms with Crippen LogP contribution < -0.4 is 10.1 Å². The first-order valence-electron chi connectivity index (χ1n) is 7.71. The molecule has 2 aromatic carbocycles. The Bertz CT molecular complexity index is 806. The number of carbonyl (C=O) groups is 2. The molecule has 0 bridgehead atoms. The summed E-state index contributed by atoms with van der Waals surface area (Å²) < 4.78 is 10.5. The second-order valence-corrected chi connectivity index (χ2v) is 6.13. The molecule has 0 saturated carbocycles. The topological polar surface area (TPSA) is 64.6 Å². The van der Waals surface area contributed by atoms with E-state index >= 15 is 0 Å². The fraction of sp³-hybridized carbons (Fsp3) is 0.158. The molecule has 0 fully saturated rings. The summed E-state index contributed by atoms with van der Waals surface area (Å²) in [6, 6.07) is 11.1. The quantitative estimate of drug-likeness (QED) is 0.544. The monoisotopic (exact) mass is 393 g/mol. The number of esters is 1. The number of anilines is 1. The van der Waals surface area contributed by atoms with Crippen LogP contribution in [0.2, 0.25) is 10.0 Å². The van der Waals surface area contributed by atoms with E-state index in [1.54, 1.807) is 42.5 Å². The third-order valence-electron chi connectivity index (χ3n) is 3.30. The Kier molecular flexibility index (Phi) is 7.06. The van der Waals surface area contributed by atoms with Crippen molar-refractivity contribution in [3.8, 4) is 5.75 Å². The SMILES string of the molecule is C=CCOc1ccc(C(=O)O[C@@H](C)C(=O)Nc2cc(Cl)ccc2Cl)cc1. The molecular formula is C19H17Cl2NO4. The number of hydrogen-bond acceptors (Lipinski definition) is 4. The molecule has 5 nitrogen and oxygen atoms in total. The minimum Gasteiger partial charge on any atom is -0.490 e. The summed E-state index contributed by atoms with van der Waals surface area (Å²) in [6.07, 6.45) is 0.600. The average Bonchev–Trinajstić information content (AvgIpc) is 2.63. The molecule has 1 N–H and O–H groups in total. The molecule has 1 amide bonds. The van der Waals surface area contributed by atoms with Gasteiger partial charge in [0.1, 0.15) is 12.4 Å². The summed E-state index contributed by atoms with van der Waals surface area (Å²) in [6.45, 7) is 5.39. The predicted octanol–water partition coefficient (Wildman–Crippen LogP) is 4.74. The van der Waals surface area contributed by atoms with Crippen LogP contribution >= 0.6 is 23.2 Å². The van der Waals surface area contributed by atoms with Crippen LogP contribution in [0.4, 0.5) is 5.69 Å². The third kappa shape index (κ3) is 5.51. The molecule has 1 atom stereocenters. The van der Waals surface area contributed by atoms with Gasteiger partial charge in [-0.2, -0.15) is 0 Å². The molecule has 2 aromatic rings. The molecule has 0 heterocycles. The van der Waals surface area contributed by atoms with Crippen molar-refractivity contribution in [3.05, 3.63) is 70.7 Å². The third-order valence-corrected chi connectivity index (χ3v) is 3.86. The Morgan fingerprint density at radius 2 is 1.88 bits per heavy atom. The van der Waals surface area contributed by atoms with Crippen LogP contribution in [0.1, 0.15) is 17.3 Å². The van der Waals surface area contributed by atoms with Crippen molar-refractivity contribution in [1.29, 1.82) is 0 Å². The standard InChI is InChI=1S/C19H17Cl2NO4/c1-3-10-25-15-7-4-13(5-8-15)19(24)26-12(2)18(23)22-17-11-14(20)6-9-16(17)21/h3-9,11-12H,1,10H2,2H3,(H,22,23)/t12-/m0/s1. The average molecular weight is 394 g/mol. The first kappa shape index (κ1) is 19.8. The largest absolute Gasteiger partial charge is 0.490 e. The lowest BCUT2D eigenvalue weighted by molar-refractivity contribution is -0.123. The molecular weight excluding hydrogens is 377 g/mol. The second kappa shape index (κ2) is 9.27. The van der Waals surface area contributed by atoms with Gasteiger partial charge in [0, 0.05) is 5.02 Å². The number of hydrogen-bond donors (Lipinski definition) is 1. The molecule has 0 aliphatic carbocycles. The minimum atomic E-state index is -1.02. The highest BCUT2D eigenvalue weighted by Gasteiger charge is 2.20. The van der Waals surface area contributed by atoms with E-state index in [0.717, 1.165) is 0 Å². The zero-order valence-corrected chi connectivity index (χ0v) is 15.5. The van der Waals surface area contributed by atoms with Gasteiger partial charge < -0.3 is 14.8 Å². The number of ether oxygens (including phenoxy) is 2. The van der Waals surface area contributed by atoms with E-state index in [2.05, 4.69) is 11.9 Å². The van der Waals surface area contributed by atoms with Crippen LogP contribution in [0.25, 0.3) is 0 Å². The van der Waals surface area contributed by atoms with Crippen molar-refractivity contribution < 1.29 is 19.1 Å². The first-order valence-corrected chi connectivity index (χ1v) is 8.47. The van der Waals surface area contributed by atoms with Crippen LogP contribution in [0.5, 0.6) is 5.75 Å². The highest BCUT2D eigenvalue weighted by Crippen LogP contribution is 2.25. The molecule has 136 valence electrons. The molecule has 0 spiro atoms. The molecule has 0 unspecified atom stereocenters. The molecule has 7 heteroatoms. The van der Waals surface area contributed by atoms with Gasteiger partial charge in [-0.3, -0.25) is 4.79 Å². The van der Waals surface area contributed by atoms with Gasteiger partial charge >= 0.3 is 5.97 Å². The first-order chi connectivity index (χ1) is 12.4. The number of rotatable bonds is 7. The molecule has 0 aliphatic rings. The predicted molar refractivity (Wildman–Crippen MR) is 102 cm³/mol. The van der Waals surface area contributed by atoms with Gasteiger partial charge in [-0.05, 0) is 49.4 Å². The van der Waals surface area contributed by atoms with Crippen molar-refractivity contribution in [1.82, 2.24) is 0 Å². The fourth-order valence-corrected chi connectivity index (χ4v) is 2.29. The fourth-order valence-electron chi connectivity index (χ4n) is 1.95. The van der Waals surface area contributed by atoms with Gasteiger partial charge in [0.05, 0.1) is 16.3 Å². The Morgan fingerprint density at radius 1 is 1.19 bits per heavy atom. The zero-order chi connectivity index (χ0) is 19.1. The normalized spacial score (nSPS) is 11.3. The molecule has 0 aromatic heterocycles. The summed E-state index contributed by atoms with van der Waals surface area (Å²) in [5, 5.41) is 3.33.